The largest absolute Gasteiger partial charge is 0.494 e. The first-order valence-corrected chi connectivity index (χ1v) is 10.3. The number of ether oxygens (including phenoxy) is 3. The summed E-state index contributed by atoms with van der Waals surface area (Å²) in [5.41, 5.74) is 0.671. The van der Waals surface area contributed by atoms with Crippen LogP contribution in [0.3, 0.4) is 0 Å². The highest BCUT2D eigenvalue weighted by Gasteiger charge is 2.19. The second-order valence-corrected chi connectivity index (χ2v) is 6.99. The molecule has 11 heteroatoms. The van der Waals surface area contributed by atoms with Crippen molar-refractivity contribution in [3.05, 3.63) is 53.6 Å². The van der Waals surface area contributed by atoms with Gasteiger partial charge in [-0.05, 0) is 31.9 Å². The van der Waals surface area contributed by atoms with Crippen LogP contribution in [0.25, 0.3) is 0 Å². The van der Waals surface area contributed by atoms with Crippen molar-refractivity contribution in [1.29, 1.82) is 0 Å². The number of aromatic nitrogens is 4. The number of hydrogen-bond acceptors (Lipinski definition) is 8. The number of hydrogen-bond donors (Lipinski definition) is 1. The second kappa shape index (κ2) is 10.7. The lowest BCUT2D eigenvalue weighted by molar-refractivity contribution is -0.146. The van der Waals surface area contributed by atoms with Gasteiger partial charge in [0.05, 0.1) is 43.6 Å². The normalized spacial score (nSPS) is 11.7. The smallest absolute Gasteiger partial charge is 0.330 e. The van der Waals surface area contributed by atoms with Crippen molar-refractivity contribution >= 4 is 17.6 Å². The number of esters is 1. The average molecular weight is 461 g/mol. The molecule has 0 bridgehead atoms. The molecular weight excluding hydrogens is 436 g/mol. The molecule has 1 atom stereocenters. The zero-order valence-corrected chi connectivity index (χ0v) is 18.8. The highest BCUT2D eigenvalue weighted by Crippen LogP contribution is 2.28. The molecular formula is C22H25F2N5O4. The van der Waals surface area contributed by atoms with Crippen LogP contribution in [0.15, 0.2) is 30.9 Å². The molecule has 0 saturated heterocycles. The molecule has 0 radical (unpaired) electrons. The summed E-state index contributed by atoms with van der Waals surface area (Å²) in [5.74, 6) is -1.42. The van der Waals surface area contributed by atoms with Crippen molar-refractivity contribution in [1.82, 2.24) is 19.7 Å². The zero-order chi connectivity index (χ0) is 24.0. The molecule has 2 heterocycles. The maximum atomic E-state index is 14.6. The quantitative estimate of drug-likeness (QED) is 0.453. The van der Waals surface area contributed by atoms with Gasteiger partial charge in [-0.15, -0.1) is 0 Å². The van der Waals surface area contributed by atoms with Gasteiger partial charge in [0.25, 0.3) is 0 Å². The van der Waals surface area contributed by atoms with E-state index >= 15 is 0 Å². The fraction of sp³-hybridized carbons (Fsp3) is 0.364. The summed E-state index contributed by atoms with van der Waals surface area (Å²) in [6, 6.07) is 0.760. The van der Waals surface area contributed by atoms with Gasteiger partial charge in [0.1, 0.15) is 18.5 Å². The zero-order valence-electron chi connectivity index (χ0n) is 18.8. The monoisotopic (exact) mass is 461 g/mol. The van der Waals surface area contributed by atoms with Crippen LogP contribution in [-0.4, -0.2) is 39.4 Å². The number of anilines is 2. The number of aryl methyl sites for hydroxylation is 1. The summed E-state index contributed by atoms with van der Waals surface area (Å²) in [5, 5.41) is 7.08. The molecule has 1 aromatic carbocycles. The van der Waals surface area contributed by atoms with E-state index in [9.17, 15) is 13.6 Å². The topological polar surface area (TPSA) is 100 Å². The van der Waals surface area contributed by atoms with Gasteiger partial charge < -0.3 is 19.5 Å². The molecule has 0 amide bonds. The summed E-state index contributed by atoms with van der Waals surface area (Å²) < 4.78 is 46.0. The maximum Gasteiger partial charge on any atom is 0.330 e. The number of carbonyl (C=O) groups excluding carboxylic acids is 1. The van der Waals surface area contributed by atoms with E-state index < -0.39 is 17.7 Å². The Kier molecular flexibility index (Phi) is 7.75. The summed E-state index contributed by atoms with van der Waals surface area (Å²) in [6.45, 7) is 5.11. The minimum atomic E-state index is -0.805. The minimum Gasteiger partial charge on any atom is -0.494 e. The van der Waals surface area contributed by atoms with Gasteiger partial charge in [0, 0.05) is 6.20 Å². The van der Waals surface area contributed by atoms with Gasteiger partial charge >= 0.3 is 5.97 Å². The van der Waals surface area contributed by atoms with Crippen LogP contribution in [-0.2, 0) is 22.6 Å². The van der Waals surface area contributed by atoms with E-state index in [4.69, 9.17) is 14.2 Å². The molecule has 3 aromatic rings. The summed E-state index contributed by atoms with van der Waals surface area (Å²) in [4.78, 5) is 20.1. The second-order valence-electron chi connectivity index (χ2n) is 6.99. The van der Waals surface area contributed by atoms with Crippen LogP contribution in [0.1, 0.15) is 37.9 Å². The standard InChI is InChI=1S/C22H25F2N5O4/c1-5-14-7-18(31-4)20(24)17(19(14)23)12-33-16-9-25-22(26-10-16)28-15-8-27-29(11-15)13(3)21(30)32-6-2/h7-11,13H,5-6,12H2,1-4H3,(H,25,26,28). The van der Waals surface area contributed by atoms with Crippen molar-refractivity contribution in [2.24, 2.45) is 0 Å². The lowest BCUT2D eigenvalue weighted by Crippen LogP contribution is -2.19. The van der Waals surface area contributed by atoms with Gasteiger partial charge in [-0.3, -0.25) is 4.68 Å². The summed E-state index contributed by atoms with van der Waals surface area (Å²) in [6.07, 6.45) is 6.27. The Morgan fingerprint density at radius 1 is 1.18 bits per heavy atom. The van der Waals surface area contributed by atoms with Crippen molar-refractivity contribution in [3.8, 4) is 11.5 Å². The predicted molar refractivity (Wildman–Crippen MR) is 116 cm³/mol. The van der Waals surface area contributed by atoms with E-state index in [1.165, 1.54) is 36.4 Å². The average Bonchev–Trinajstić information content (AvgIpc) is 3.28. The summed E-state index contributed by atoms with van der Waals surface area (Å²) >= 11 is 0. The van der Waals surface area contributed by atoms with Gasteiger partial charge in [0.15, 0.2) is 17.3 Å². The first kappa shape index (κ1) is 23.9. The number of benzene rings is 1. The Bertz CT molecular complexity index is 1080. The first-order valence-electron chi connectivity index (χ1n) is 10.3. The number of nitrogens with one attached hydrogen (secondary N) is 1. The molecule has 3 rings (SSSR count). The van der Waals surface area contributed by atoms with Crippen molar-refractivity contribution < 1.29 is 27.8 Å². The SMILES string of the molecule is CCOC(=O)C(C)n1cc(Nc2ncc(OCc3c(F)c(CC)cc(OC)c3F)cn2)cn1. The Hall–Kier alpha value is -3.76. The van der Waals surface area contributed by atoms with Crippen LogP contribution in [0.4, 0.5) is 20.4 Å². The van der Waals surface area contributed by atoms with E-state index in [2.05, 4.69) is 20.4 Å². The third-order valence-electron chi connectivity index (χ3n) is 4.83. The molecule has 0 spiro atoms. The minimum absolute atomic E-state index is 0.0412. The molecule has 1 N–H and O–H groups in total. The van der Waals surface area contributed by atoms with Crippen molar-refractivity contribution in [2.75, 3.05) is 19.0 Å². The Morgan fingerprint density at radius 3 is 2.55 bits per heavy atom. The molecule has 176 valence electrons. The van der Waals surface area contributed by atoms with Crippen LogP contribution in [0, 0.1) is 11.6 Å². The molecule has 0 aliphatic carbocycles. The van der Waals surface area contributed by atoms with E-state index in [0.717, 1.165) is 0 Å². The van der Waals surface area contributed by atoms with Gasteiger partial charge in [-0.2, -0.15) is 5.10 Å². The molecule has 1 unspecified atom stereocenters. The fourth-order valence-electron chi connectivity index (χ4n) is 2.98. The molecule has 2 aromatic heterocycles. The van der Waals surface area contributed by atoms with Crippen LogP contribution in [0.5, 0.6) is 11.5 Å². The number of halogens is 2. The third kappa shape index (κ3) is 5.54. The highest BCUT2D eigenvalue weighted by atomic mass is 19.1. The number of carbonyl (C=O) groups is 1. The van der Waals surface area contributed by atoms with E-state index in [-0.39, 0.29) is 42.2 Å². The van der Waals surface area contributed by atoms with Crippen LogP contribution >= 0.6 is 0 Å². The lowest BCUT2D eigenvalue weighted by atomic mass is 10.1. The highest BCUT2D eigenvalue weighted by molar-refractivity contribution is 5.73. The van der Waals surface area contributed by atoms with Crippen molar-refractivity contribution in [2.45, 2.75) is 39.8 Å². The molecule has 0 fully saturated rings. The number of methoxy groups -OCH3 is 1. The van der Waals surface area contributed by atoms with E-state index in [1.54, 1.807) is 27.0 Å². The fourth-order valence-corrected chi connectivity index (χ4v) is 2.98. The van der Waals surface area contributed by atoms with E-state index in [0.29, 0.717) is 17.7 Å². The first-order chi connectivity index (χ1) is 15.9. The molecule has 0 aliphatic heterocycles. The lowest BCUT2D eigenvalue weighted by Gasteiger charge is -2.13. The number of nitrogens with zero attached hydrogens (tertiary/aromatic N) is 4. The molecule has 0 aliphatic rings. The maximum absolute atomic E-state index is 14.6. The number of rotatable bonds is 10. The molecule has 0 saturated carbocycles. The Morgan fingerprint density at radius 2 is 1.91 bits per heavy atom. The summed E-state index contributed by atoms with van der Waals surface area (Å²) in [7, 11) is 1.32. The predicted octanol–water partition coefficient (Wildman–Crippen LogP) is 3.97. The van der Waals surface area contributed by atoms with Gasteiger partial charge in [0.2, 0.25) is 5.95 Å². The van der Waals surface area contributed by atoms with Gasteiger partial charge in [-0.1, -0.05) is 6.92 Å². The molecule has 33 heavy (non-hydrogen) atoms. The third-order valence-corrected chi connectivity index (χ3v) is 4.83. The van der Waals surface area contributed by atoms with Crippen molar-refractivity contribution in [3.63, 3.8) is 0 Å². The molecule has 9 nitrogen and oxygen atoms in total. The van der Waals surface area contributed by atoms with Gasteiger partial charge in [-0.25, -0.2) is 23.5 Å². The Labute approximate surface area is 189 Å². The van der Waals surface area contributed by atoms with Crippen LogP contribution in [0.2, 0.25) is 0 Å². The Balaban J connectivity index is 1.65. The van der Waals surface area contributed by atoms with E-state index in [1.807, 2.05) is 0 Å². The van der Waals surface area contributed by atoms with Crippen LogP contribution < -0.4 is 14.8 Å².